The number of urea groups is 1. The van der Waals surface area contributed by atoms with Crippen molar-refractivity contribution in [3.05, 3.63) is 65.0 Å². The molecule has 152 valence electrons. The molecule has 0 bridgehead atoms. The second-order valence-electron chi connectivity index (χ2n) is 5.80. The quantitative estimate of drug-likeness (QED) is 0.544. The van der Waals surface area contributed by atoms with Crippen LogP contribution in [0.4, 0.5) is 23.7 Å². The lowest BCUT2D eigenvalue weighted by Gasteiger charge is -2.09. The van der Waals surface area contributed by atoms with E-state index in [2.05, 4.69) is 10.3 Å². The van der Waals surface area contributed by atoms with Gasteiger partial charge in [-0.05, 0) is 47.7 Å². The van der Waals surface area contributed by atoms with Crippen LogP contribution in [0.15, 0.2) is 58.6 Å². The van der Waals surface area contributed by atoms with Gasteiger partial charge in [-0.15, -0.1) is 0 Å². The number of halogens is 3. The fourth-order valence-electron chi connectivity index (χ4n) is 2.62. The number of benzene rings is 1. The lowest BCUT2D eigenvalue weighted by atomic mass is 10.2. The summed E-state index contributed by atoms with van der Waals surface area (Å²) in [7, 11) is 0. The van der Waals surface area contributed by atoms with Gasteiger partial charge in [-0.25, -0.2) is 14.2 Å². The minimum atomic E-state index is -4.43. The van der Waals surface area contributed by atoms with Crippen molar-refractivity contribution in [3.8, 4) is 11.6 Å². The van der Waals surface area contributed by atoms with Gasteiger partial charge in [0.05, 0.1) is 30.3 Å². The maximum Gasteiger partial charge on any atom is 0.446 e. The van der Waals surface area contributed by atoms with E-state index in [9.17, 15) is 27.9 Å². The molecule has 0 saturated heterocycles. The van der Waals surface area contributed by atoms with Crippen LogP contribution in [0.3, 0.4) is 0 Å². The van der Waals surface area contributed by atoms with E-state index < -0.39 is 23.1 Å². The Labute approximate surface area is 165 Å². The van der Waals surface area contributed by atoms with E-state index in [1.165, 1.54) is 47.4 Å². The Balaban J connectivity index is 1.90. The van der Waals surface area contributed by atoms with E-state index >= 15 is 0 Å². The number of nitrogens with one attached hydrogen (secondary N) is 1. The van der Waals surface area contributed by atoms with Gasteiger partial charge < -0.3 is 16.2 Å². The average molecular weight is 425 g/mol. The van der Waals surface area contributed by atoms with Crippen LogP contribution in [-0.4, -0.2) is 30.8 Å². The SMILES string of the molecule is NC(=O)Nc1cnccc1Cn1cc(O)n(-c2ccc(SC(F)(F)F)cc2)c1=O. The van der Waals surface area contributed by atoms with Gasteiger partial charge in [0.1, 0.15) is 0 Å². The molecule has 0 radical (unpaired) electrons. The minimum Gasteiger partial charge on any atom is -0.493 e. The Morgan fingerprint density at radius 3 is 2.55 bits per heavy atom. The molecule has 3 aromatic rings. The van der Waals surface area contributed by atoms with Gasteiger partial charge in [0.15, 0.2) is 0 Å². The van der Waals surface area contributed by atoms with Crippen LogP contribution in [0.25, 0.3) is 5.69 Å². The first kappa shape index (κ1) is 20.3. The molecule has 3 rings (SSSR count). The molecule has 0 saturated carbocycles. The van der Waals surface area contributed by atoms with Crippen molar-refractivity contribution >= 4 is 23.5 Å². The van der Waals surface area contributed by atoms with E-state index in [0.717, 1.165) is 4.57 Å². The van der Waals surface area contributed by atoms with E-state index in [0.29, 0.717) is 11.3 Å². The van der Waals surface area contributed by atoms with Gasteiger partial charge >= 0.3 is 17.2 Å². The highest BCUT2D eigenvalue weighted by Crippen LogP contribution is 2.37. The van der Waals surface area contributed by atoms with Gasteiger partial charge in [-0.1, -0.05) is 0 Å². The number of imidazole rings is 1. The Morgan fingerprint density at radius 2 is 1.93 bits per heavy atom. The molecule has 1 aromatic carbocycles. The molecule has 0 aliphatic rings. The van der Waals surface area contributed by atoms with Crippen LogP contribution in [0, 0.1) is 0 Å². The normalized spacial score (nSPS) is 11.4. The first-order valence-electron chi connectivity index (χ1n) is 8.01. The van der Waals surface area contributed by atoms with Crippen molar-refractivity contribution in [1.82, 2.24) is 14.1 Å². The highest BCUT2D eigenvalue weighted by atomic mass is 32.2. The number of nitrogens with two attached hydrogens (primary N) is 1. The summed E-state index contributed by atoms with van der Waals surface area (Å²) in [6.07, 6.45) is 3.99. The lowest BCUT2D eigenvalue weighted by molar-refractivity contribution is -0.0328. The number of pyridine rings is 1. The van der Waals surface area contributed by atoms with E-state index in [4.69, 9.17) is 5.73 Å². The van der Waals surface area contributed by atoms with Crippen LogP contribution >= 0.6 is 11.8 Å². The molecular weight excluding hydrogens is 411 g/mol. The number of anilines is 1. The van der Waals surface area contributed by atoms with Crippen LogP contribution in [0.1, 0.15) is 5.56 Å². The summed E-state index contributed by atoms with van der Waals surface area (Å²) in [5.41, 5.74) is 1.06. The molecule has 2 aromatic heterocycles. The zero-order valence-corrected chi connectivity index (χ0v) is 15.4. The van der Waals surface area contributed by atoms with E-state index in [-0.39, 0.29) is 28.9 Å². The minimum absolute atomic E-state index is 0.0143. The zero-order chi connectivity index (χ0) is 21.2. The fourth-order valence-corrected chi connectivity index (χ4v) is 3.16. The number of alkyl halides is 3. The predicted octanol–water partition coefficient (Wildman–Crippen LogP) is 2.89. The second kappa shape index (κ2) is 7.91. The summed E-state index contributed by atoms with van der Waals surface area (Å²) in [5, 5.41) is 12.6. The smallest absolute Gasteiger partial charge is 0.446 e. The Morgan fingerprint density at radius 1 is 1.24 bits per heavy atom. The van der Waals surface area contributed by atoms with Crippen LogP contribution < -0.4 is 16.7 Å². The third kappa shape index (κ3) is 4.90. The van der Waals surface area contributed by atoms with E-state index in [1.54, 1.807) is 6.07 Å². The number of thioether (sulfide) groups is 1. The number of aromatic hydroxyl groups is 1. The number of aromatic nitrogens is 3. The first-order valence-corrected chi connectivity index (χ1v) is 8.82. The maximum atomic E-state index is 12.7. The summed E-state index contributed by atoms with van der Waals surface area (Å²) in [6.45, 7) is -0.0143. The number of amides is 2. The third-order valence-electron chi connectivity index (χ3n) is 3.78. The molecule has 0 unspecified atom stereocenters. The molecule has 2 amide bonds. The molecule has 0 fully saturated rings. The molecule has 0 spiro atoms. The molecule has 29 heavy (non-hydrogen) atoms. The third-order valence-corrected chi connectivity index (χ3v) is 4.52. The summed E-state index contributed by atoms with van der Waals surface area (Å²) in [4.78, 5) is 27.6. The number of carbonyl (C=O) groups excluding carboxylic acids is 1. The predicted molar refractivity (Wildman–Crippen MR) is 100 cm³/mol. The second-order valence-corrected chi connectivity index (χ2v) is 6.94. The molecule has 0 aliphatic heterocycles. The van der Waals surface area contributed by atoms with Gasteiger partial charge in [-0.2, -0.15) is 13.2 Å². The monoisotopic (exact) mass is 425 g/mol. The van der Waals surface area contributed by atoms with Crippen molar-refractivity contribution in [3.63, 3.8) is 0 Å². The number of carbonyl (C=O) groups is 1. The van der Waals surface area contributed by atoms with Crippen molar-refractivity contribution in [2.45, 2.75) is 16.9 Å². The lowest BCUT2D eigenvalue weighted by Crippen LogP contribution is -2.25. The molecule has 0 atom stereocenters. The van der Waals surface area contributed by atoms with Crippen molar-refractivity contribution < 1.29 is 23.1 Å². The van der Waals surface area contributed by atoms with Crippen molar-refractivity contribution in [2.75, 3.05) is 5.32 Å². The van der Waals surface area contributed by atoms with E-state index in [1.807, 2.05) is 0 Å². The molecule has 8 nitrogen and oxygen atoms in total. The Hall–Kier alpha value is -3.41. The van der Waals surface area contributed by atoms with Gasteiger partial charge in [-0.3, -0.25) is 9.55 Å². The highest BCUT2D eigenvalue weighted by Gasteiger charge is 2.29. The number of rotatable bonds is 5. The Kier molecular flexibility index (Phi) is 5.55. The van der Waals surface area contributed by atoms with Crippen molar-refractivity contribution in [2.24, 2.45) is 5.73 Å². The van der Waals surface area contributed by atoms with Gasteiger partial charge in [0.2, 0.25) is 5.88 Å². The summed E-state index contributed by atoms with van der Waals surface area (Å²) >= 11 is -0.279. The van der Waals surface area contributed by atoms with Crippen LogP contribution in [-0.2, 0) is 6.54 Å². The molecule has 0 aliphatic carbocycles. The summed E-state index contributed by atoms with van der Waals surface area (Å²) in [5.74, 6) is -0.398. The standard InChI is InChI=1S/C17H14F3N5O3S/c18-17(19,20)29-12-3-1-11(2-4-12)25-14(26)9-24(16(25)28)8-10-5-6-22-7-13(10)23-15(21)27/h1-7,9,26H,8H2,(H3,21,23,27). The highest BCUT2D eigenvalue weighted by molar-refractivity contribution is 8.00. The summed E-state index contributed by atoms with van der Waals surface area (Å²) in [6, 6.07) is 5.76. The Bertz CT molecular complexity index is 1090. The molecule has 2 heterocycles. The van der Waals surface area contributed by atoms with Crippen LogP contribution in [0.2, 0.25) is 0 Å². The number of nitrogens with zero attached hydrogens (tertiary/aromatic N) is 3. The van der Waals surface area contributed by atoms with Crippen LogP contribution in [0.5, 0.6) is 5.88 Å². The number of hydrogen-bond acceptors (Lipinski definition) is 5. The first-order chi connectivity index (χ1) is 13.6. The molecule has 4 N–H and O–H groups in total. The molecular formula is C17H14F3N5O3S. The zero-order valence-electron chi connectivity index (χ0n) is 14.6. The molecule has 12 heteroatoms. The number of hydrogen-bond donors (Lipinski definition) is 3. The maximum absolute atomic E-state index is 12.7. The largest absolute Gasteiger partial charge is 0.493 e. The average Bonchev–Trinajstić information content (AvgIpc) is 2.89. The topological polar surface area (TPSA) is 115 Å². The fraction of sp³-hybridized carbons (Fsp3) is 0.118. The number of primary amides is 1. The van der Waals surface area contributed by atoms with Crippen molar-refractivity contribution in [1.29, 1.82) is 0 Å². The summed E-state index contributed by atoms with van der Waals surface area (Å²) < 4.78 is 39.4. The van der Waals surface area contributed by atoms with Gasteiger partial charge in [0.25, 0.3) is 0 Å². The van der Waals surface area contributed by atoms with Gasteiger partial charge in [0, 0.05) is 11.1 Å².